The van der Waals surface area contributed by atoms with Crippen molar-refractivity contribution in [2.45, 2.75) is 40.4 Å². The van der Waals surface area contributed by atoms with Crippen LogP contribution in [-0.4, -0.2) is 13.7 Å². The molecule has 0 spiro atoms. The van der Waals surface area contributed by atoms with Gasteiger partial charge in [0.1, 0.15) is 0 Å². The Morgan fingerprint density at radius 2 is 0.324 bits per heavy atom. The number of hydrogen-bond donors (Lipinski definition) is 0. The monoisotopic (exact) mass is 1820 g/mol. The average Bonchev–Trinajstić information content (AvgIpc) is 1.40. The van der Waals surface area contributed by atoms with E-state index in [4.69, 9.17) is 0 Å². The van der Waals surface area contributed by atoms with Crippen LogP contribution in [-0.2, 0) is 19.6 Å². The lowest BCUT2D eigenvalue weighted by Crippen LogP contribution is -2.09. The van der Waals surface area contributed by atoms with Gasteiger partial charge in [0.05, 0.1) is 0 Å². The van der Waals surface area contributed by atoms with Gasteiger partial charge in [0.2, 0.25) is 0 Å². The van der Waals surface area contributed by atoms with Crippen molar-refractivity contribution in [1.29, 1.82) is 0 Å². The second-order valence-corrected chi connectivity index (χ2v) is 36.2. The Balaban J connectivity index is 0.000000119. The topological polar surface area (TPSA) is 24.5 Å². The third-order valence-electron chi connectivity index (χ3n) is 28.0. The number of anilines is 9. The zero-order chi connectivity index (χ0) is 95.2. The standard InChI is InChI=1S/C48H36N2.2C44H34N2/c1-2-49-47-20-12-11-19-45(47)46-33-37(25-32-48(46)49)42-31-30-41(43-17-9-10-18-44(42)43)36-23-28-40(29-24-36)50(38-15-7-4-8-16-38)39-26-21-35(22-27-39)34-13-5-3-6-14-34;1-2-45-43-22-10-9-21-41(43)42-31-37(25-28-44(42)45)35-16-11-15-34(29-35)36-17-12-20-40(30-36)46(38-18-7-4-8-19-38)39-26-23-33(24-27-39)32-13-5-3-6-14-32;1-2-45-43-19-10-9-18-41(43)42-31-37(26-29-44(42)45)35-22-20-34(21-23-35)36-14-11-17-40(30-36)46(38-15-7-4-8-16-38)39-27-24-33(25-28-39)32-12-5-3-6-13-32/h3-33H,2H2,1H3;2*3-31H,2H2,1H3. The fraction of sp³-hybridized carbons (Fsp3) is 0.0441. The van der Waals surface area contributed by atoms with E-state index < -0.39 is 0 Å². The third-order valence-corrected chi connectivity index (χ3v) is 28.0. The van der Waals surface area contributed by atoms with Gasteiger partial charge in [-0.1, -0.05) is 370 Å². The first-order chi connectivity index (χ1) is 70.3. The van der Waals surface area contributed by atoms with Crippen LogP contribution in [0, 0.1) is 0 Å². The Kier molecular flexibility index (Phi) is 24.5. The summed E-state index contributed by atoms with van der Waals surface area (Å²) in [4.78, 5) is 6.99. The lowest BCUT2D eigenvalue weighted by Gasteiger charge is -2.26. The summed E-state index contributed by atoms with van der Waals surface area (Å²) in [5.74, 6) is 0. The zero-order valence-corrected chi connectivity index (χ0v) is 79.7. The Morgan fingerprint density at radius 3 is 0.669 bits per heavy atom. The highest BCUT2D eigenvalue weighted by atomic mass is 15.2. The number of aryl methyl sites for hydroxylation is 3. The predicted molar refractivity (Wildman–Crippen MR) is 606 cm³/mol. The highest BCUT2D eigenvalue weighted by Crippen LogP contribution is 2.46. The third kappa shape index (κ3) is 17.4. The van der Waals surface area contributed by atoms with E-state index in [0.29, 0.717) is 0 Å². The van der Waals surface area contributed by atoms with Gasteiger partial charge in [-0.25, -0.2) is 0 Å². The number of benzene rings is 22. The summed E-state index contributed by atoms with van der Waals surface area (Å²) in [7, 11) is 0. The van der Waals surface area contributed by atoms with Crippen molar-refractivity contribution in [3.05, 3.63) is 540 Å². The minimum atomic E-state index is 0.948. The summed E-state index contributed by atoms with van der Waals surface area (Å²) in [5, 5.41) is 10.4. The first-order valence-electron chi connectivity index (χ1n) is 49.4. The van der Waals surface area contributed by atoms with E-state index in [2.05, 4.69) is 589 Å². The van der Waals surface area contributed by atoms with E-state index in [-0.39, 0.29) is 0 Å². The van der Waals surface area contributed by atoms with E-state index in [1.54, 1.807) is 0 Å². The van der Waals surface area contributed by atoms with Crippen molar-refractivity contribution in [1.82, 2.24) is 13.7 Å². The molecule has 678 valence electrons. The molecule has 6 nitrogen and oxygen atoms in total. The molecule has 0 aliphatic rings. The van der Waals surface area contributed by atoms with Gasteiger partial charge >= 0.3 is 0 Å². The first kappa shape index (κ1) is 87.9. The molecule has 25 aromatic rings. The molecular formula is C136H104N6. The van der Waals surface area contributed by atoms with Gasteiger partial charge in [-0.3, -0.25) is 0 Å². The minimum Gasteiger partial charge on any atom is -0.341 e. The second kappa shape index (κ2) is 39.5. The predicted octanol–water partition coefficient (Wildman–Crippen LogP) is 38.0. The summed E-state index contributed by atoms with van der Waals surface area (Å²) in [6.07, 6.45) is 0. The minimum absolute atomic E-state index is 0.948. The molecule has 0 unspecified atom stereocenters. The van der Waals surface area contributed by atoms with E-state index in [1.807, 2.05) is 0 Å². The Hall–Kier alpha value is -18.1. The Morgan fingerprint density at radius 1 is 0.127 bits per heavy atom. The molecule has 0 radical (unpaired) electrons. The molecule has 3 aromatic heterocycles. The van der Waals surface area contributed by atoms with Gasteiger partial charge in [-0.15, -0.1) is 0 Å². The van der Waals surface area contributed by atoms with Crippen LogP contribution in [0.5, 0.6) is 0 Å². The summed E-state index contributed by atoms with van der Waals surface area (Å²) < 4.78 is 7.23. The van der Waals surface area contributed by atoms with Crippen LogP contribution < -0.4 is 14.7 Å². The molecule has 0 amide bonds. The maximum Gasteiger partial charge on any atom is 0.0491 e. The molecule has 3 heterocycles. The number of nitrogens with zero attached hydrogens (tertiary/aromatic N) is 6. The fourth-order valence-electron chi connectivity index (χ4n) is 21.1. The molecule has 0 bridgehead atoms. The molecule has 22 aromatic carbocycles. The van der Waals surface area contributed by atoms with Crippen molar-refractivity contribution < 1.29 is 0 Å². The summed E-state index contributed by atoms with van der Waals surface area (Å²) >= 11 is 0. The first-order valence-corrected chi connectivity index (χ1v) is 49.4. The lowest BCUT2D eigenvalue weighted by molar-refractivity contribution is 0.827. The van der Waals surface area contributed by atoms with Crippen molar-refractivity contribution in [3.63, 3.8) is 0 Å². The number of aromatic nitrogens is 3. The molecule has 0 aliphatic heterocycles. The maximum atomic E-state index is 2.41. The fourth-order valence-corrected chi connectivity index (χ4v) is 21.1. The molecule has 6 heteroatoms. The van der Waals surface area contributed by atoms with Gasteiger partial charge in [0.25, 0.3) is 0 Å². The molecule has 0 atom stereocenters. The number of hydrogen-bond acceptors (Lipinski definition) is 3. The van der Waals surface area contributed by atoms with Gasteiger partial charge < -0.3 is 28.4 Å². The van der Waals surface area contributed by atoms with E-state index in [1.165, 1.54) is 176 Å². The maximum absolute atomic E-state index is 2.41. The highest BCUT2D eigenvalue weighted by molar-refractivity contribution is 6.13. The van der Waals surface area contributed by atoms with Crippen LogP contribution in [0.25, 0.3) is 176 Å². The highest BCUT2D eigenvalue weighted by Gasteiger charge is 2.22. The molecule has 142 heavy (non-hydrogen) atoms. The smallest absolute Gasteiger partial charge is 0.0491 e. The lowest BCUT2D eigenvalue weighted by atomic mass is 9.91. The van der Waals surface area contributed by atoms with Crippen LogP contribution >= 0.6 is 0 Å². The molecular weight excluding hydrogens is 1720 g/mol. The van der Waals surface area contributed by atoms with E-state index in [0.717, 1.165) is 70.8 Å². The quantitative estimate of drug-likeness (QED) is 0.0717. The van der Waals surface area contributed by atoms with Gasteiger partial charge in [0.15, 0.2) is 0 Å². The van der Waals surface area contributed by atoms with Crippen molar-refractivity contribution in [2.24, 2.45) is 0 Å². The van der Waals surface area contributed by atoms with Crippen molar-refractivity contribution >= 4 is 127 Å². The molecule has 25 rings (SSSR count). The molecule has 0 N–H and O–H groups in total. The van der Waals surface area contributed by atoms with Gasteiger partial charge in [0, 0.05) is 136 Å². The number of para-hydroxylation sites is 6. The zero-order valence-electron chi connectivity index (χ0n) is 79.7. The molecule has 0 saturated heterocycles. The average molecular weight is 1820 g/mol. The van der Waals surface area contributed by atoms with Crippen molar-refractivity contribution in [3.8, 4) is 100 Å². The van der Waals surface area contributed by atoms with Crippen LogP contribution in [0.4, 0.5) is 51.2 Å². The summed E-state index contributed by atoms with van der Waals surface area (Å²) in [6, 6.07) is 195. The van der Waals surface area contributed by atoms with Crippen LogP contribution in [0.2, 0.25) is 0 Å². The van der Waals surface area contributed by atoms with E-state index in [9.17, 15) is 0 Å². The number of fused-ring (bicyclic) bond motifs is 10. The van der Waals surface area contributed by atoms with E-state index >= 15 is 0 Å². The molecule has 0 saturated carbocycles. The van der Waals surface area contributed by atoms with Crippen LogP contribution in [0.3, 0.4) is 0 Å². The SMILES string of the molecule is CCn1c2ccccc2c2cc(-c3ccc(-c4ccc(N(c5ccccc5)c5ccc(-c6ccccc6)cc5)cc4)c4ccccc34)ccc21.CCn1c2ccccc2c2cc(-c3ccc(-c4cccc(N(c5ccccc5)c5ccc(-c6ccccc6)cc5)c4)cc3)ccc21.CCn1c2ccccc2c2cc(-c3cccc(-c4cccc(N(c5ccccc5)c5ccc(-c6ccccc6)cc5)c4)c3)ccc21. The summed E-state index contributed by atoms with van der Waals surface area (Å²) in [5.41, 5.74) is 39.7. The van der Waals surface area contributed by atoms with Crippen LogP contribution in [0.1, 0.15) is 20.8 Å². The van der Waals surface area contributed by atoms with Gasteiger partial charge in [-0.05, 0) is 302 Å². The Labute approximate surface area is 830 Å². The largest absolute Gasteiger partial charge is 0.341 e. The molecule has 0 fully saturated rings. The second-order valence-electron chi connectivity index (χ2n) is 36.2. The van der Waals surface area contributed by atoms with Crippen LogP contribution in [0.15, 0.2) is 540 Å². The molecule has 0 aliphatic carbocycles. The van der Waals surface area contributed by atoms with Crippen molar-refractivity contribution in [2.75, 3.05) is 14.7 Å². The Bertz CT molecular complexity index is 8780. The van der Waals surface area contributed by atoms with Gasteiger partial charge in [-0.2, -0.15) is 0 Å². The summed E-state index contributed by atoms with van der Waals surface area (Å²) in [6.45, 7) is 9.51. The normalized spacial score (nSPS) is 11.3. The number of rotatable bonds is 21.